The van der Waals surface area contributed by atoms with E-state index >= 15 is 0 Å². The van der Waals surface area contributed by atoms with E-state index in [4.69, 9.17) is 14.6 Å². The van der Waals surface area contributed by atoms with Gasteiger partial charge in [0.2, 0.25) is 5.91 Å². The van der Waals surface area contributed by atoms with Crippen molar-refractivity contribution in [2.75, 3.05) is 25.1 Å². The van der Waals surface area contributed by atoms with Crippen LogP contribution in [0.4, 0.5) is 5.69 Å². The number of amides is 1. The summed E-state index contributed by atoms with van der Waals surface area (Å²) >= 11 is 0. The maximum atomic E-state index is 11.8. The largest absolute Gasteiger partial charge is 0.491 e. The molecule has 0 saturated carbocycles. The highest BCUT2D eigenvalue weighted by Crippen LogP contribution is 2.16. The predicted octanol–water partition coefficient (Wildman–Crippen LogP) is 2.59. The second-order valence-electron chi connectivity index (χ2n) is 5.71. The van der Waals surface area contributed by atoms with Gasteiger partial charge in [0.05, 0.1) is 12.2 Å². The number of anilines is 1. The summed E-state index contributed by atoms with van der Waals surface area (Å²) < 4.78 is 10.8. The van der Waals surface area contributed by atoms with E-state index < -0.39 is 0 Å². The third-order valence-electron chi connectivity index (χ3n) is 2.58. The van der Waals surface area contributed by atoms with Gasteiger partial charge in [0, 0.05) is 18.7 Å². The van der Waals surface area contributed by atoms with E-state index in [-0.39, 0.29) is 24.7 Å². The highest BCUT2D eigenvalue weighted by Gasteiger charge is 2.10. The Labute approximate surface area is 126 Å². The van der Waals surface area contributed by atoms with Crippen molar-refractivity contribution in [3.63, 3.8) is 0 Å². The Hall–Kier alpha value is -1.59. The first kappa shape index (κ1) is 17.5. The van der Waals surface area contributed by atoms with E-state index in [9.17, 15) is 4.79 Å². The van der Waals surface area contributed by atoms with Crippen molar-refractivity contribution >= 4 is 11.6 Å². The Morgan fingerprint density at radius 3 is 2.43 bits per heavy atom. The lowest BCUT2D eigenvalue weighted by Gasteiger charge is -2.19. The van der Waals surface area contributed by atoms with E-state index in [1.807, 2.05) is 20.8 Å². The SMILES string of the molecule is CC(C)(C)OCCCC(=O)Nc1ccc(OCCO)cc1. The third-order valence-corrected chi connectivity index (χ3v) is 2.58. The number of benzene rings is 1. The van der Waals surface area contributed by atoms with Crippen molar-refractivity contribution in [1.82, 2.24) is 0 Å². The normalized spacial score (nSPS) is 11.2. The molecule has 0 heterocycles. The number of aliphatic hydroxyl groups excluding tert-OH is 1. The van der Waals surface area contributed by atoms with Crippen LogP contribution in [0.25, 0.3) is 0 Å². The fraction of sp³-hybridized carbons (Fsp3) is 0.562. The quantitative estimate of drug-likeness (QED) is 0.723. The number of ether oxygens (including phenoxy) is 2. The van der Waals surface area contributed by atoms with Crippen LogP contribution in [-0.2, 0) is 9.53 Å². The second kappa shape index (κ2) is 8.64. The van der Waals surface area contributed by atoms with Crippen LogP contribution in [0.15, 0.2) is 24.3 Å². The molecule has 1 amide bonds. The minimum Gasteiger partial charge on any atom is -0.491 e. The Kier molecular flexibility index (Phi) is 7.19. The van der Waals surface area contributed by atoms with Crippen LogP contribution < -0.4 is 10.1 Å². The fourth-order valence-electron chi connectivity index (χ4n) is 1.63. The zero-order chi connectivity index (χ0) is 15.7. The number of aliphatic hydroxyl groups is 1. The molecule has 0 atom stereocenters. The van der Waals surface area contributed by atoms with Gasteiger partial charge in [-0.1, -0.05) is 0 Å². The third kappa shape index (κ3) is 8.32. The lowest BCUT2D eigenvalue weighted by atomic mass is 10.2. The first-order valence-corrected chi connectivity index (χ1v) is 7.18. The topological polar surface area (TPSA) is 67.8 Å². The first-order valence-electron chi connectivity index (χ1n) is 7.18. The molecular weight excluding hydrogens is 270 g/mol. The van der Waals surface area contributed by atoms with Crippen molar-refractivity contribution < 1.29 is 19.4 Å². The Balaban J connectivity index is 2.28. The molecule has 0 saturated heterocycles. The Morgan fingerprint density at radius 1 is 1.19 bits per heavy atom. The molecule has 0 aliphatic heterocycles. The molecule has 0 spiro atoms. The average Bonchev–Trinajstić information content (AvgIpc) is 2.42. The summed E-state index contributed by atoms with van der Waals surface area (Å²) in [7, 11) is 0. The molecule has 5 heteroatoms. The van der Waals surface area contributed by atoms with Gasteiger partial charge >= 0.3 is 0 Å². The summed E-state index contributed by atoms with van der Waals surface area (Å²) in [6.07, 6.45) is 1.12. The van der Waals surface area contributed by atoms with Crippen LogP contribution in [0.3, 0.4) is 0 Å². The van der Waals surface area contributed by atoms with E-state index in [2.05, 4.69) is 5.32 Å². The molecule has 1 aromatic rings. The molecule has 0 fully saturated rings. The molecule has 1 rings (SSSR count). The zero-order valence-electron chi connectivity index (χ0n) is 13.0. The lowest BCUT2D eigenvalue weighted by molar-refractivity contribution is -0.116. The van der Waals surface area contributed by atoms with Crippen LogP contribution in [0.1, 0.15) is 33.6 Å². The van der Waals surface area contributed by atoms with Crippen LogP contribution in [0.2, 0.25) is 0 Å². The van der Waals surface area contributed by atoms with Crippen LogP contribution >= 0.6 is 0 Å². The molecule has 5 nitrogen and oxygen atoms in total. The summed E-state index contributed by atoms with van der Waals surface area (Å²) in [4.78, 5) is 11.8. The molecule has 2 N–H and O–H groups in total. The summed E-state index contributed by atoms with van der Waals surface area (Å²) in [6, 6.07) is 7.06. The van der Waals surface area contributed by atoms with Gasteiger partial charge in [0.1, 0.15) is 12.4 Å². The fourth-order valence-corrected chi connectivity index (χ4v) is 1.63. The van der Waals surface area contributed by atoms with Crippen molar-refractivity contribution in [1.29, 1.82) is 0 Å². The predicted molar refractivity (Wildman–Crippen MR) is 82.6 cm³/mol. The molecular formula is C16H25NO4. The average molecular weight is 295 g/mol. The number of hydrogen-bond acceptors (Lipinski definition) is 4. The molecule has 0 aliphatic carbocycles. The number of hydrogen-bond donors (Lipinski definition) is 2. The number of carbonyl (C=O) groups is 1. The van der Waals surface area contributed by atoms with Gasteiger partial charge in [-0.25, -0.2) is 0 Å². The zero-order valence-corrected chi connectivity index (χ0v) is 13.0. The molecule has 0 aliphatic rings. The van der Waals surface area contributed by atoms with Crippen molar-refractivity contribution in [2.24, 2.45) is 0 Å². The van der Waals surface area contributed by atoms with Gasteiger partial charge in [-0.15, -0.1) is 0 Å². The first-order chi connectivity index (χ1) is 9.90. The van der Waals surface area contributed by atoms with Crippen LogP contribution in [-0.4, -0.2) is 36.4 Å². The van der Waals surface area contributed by atoms with Gasteiger partial charge in [-0.3, -0.25) is 4.79 Å². The minimum absolute atomic E-state index is 0.0187. The molecule has 0 radical (unpaired) electrons. The monoisotopic (exact) mass is 295 g/mol. The molecule has 21 heavy (non-hydrogen) atoms. The van der Waals surface area contributed by atoms with E-state index in [1.165, 1.54) is 0 Å². The minimum atomic E-state index is -0.166. The summed E-state index contributed by atoms with van der Waals surface area (Å²) in [6.45, 7) is 6.80. The maximum absolute atomic E-state index is 11.8. The molecule has 0 aromatic heterocycles. The van der Waals surface area contributed by atoms with E-state index in [1.54, 1.807) is 24.3 Å². The molecule has 118 valence electrons. The van der Waals surface area contributed by atoms with Gasteiger partial charge in [0.25, 0.3) is 0 Å². The van der Waals surface area contributed by atoms with Crippen molar-refractivity contribution in [3.8, 4) is 5.75 Å². The number of rotatable bonds is 8. The van der Waals surface area contributed by atoms with Gasteiger partial charge in [0.15, 0.2) is 0 Å². The summed E-state index contributed by atoms with van der Waals surface area (Å²) in [5.41, 5.74) is 0.564. The van der Waals surface area contributed by atoms with Crippen LogP contribution in [0.5, 0.6) is 5.75 Å². The molecule has 0 bridgehead atoms. The number of carbonyl (C=O) groups excluding carboxylic acids is 1. The summed E-state index contributed by atoms with van der Waals surface area (Å²) in [5, 5.41) is 11.5. The van der Waals surface area contributed by atoms with Crippen LogP contribution in [0, 0.1) is 0 Å². The van der Waals surface area contributed by atoms with Gasteiger partial charge in [-0.2, -0.15) is 0 Å². The van der Waals surface area contributed by atoms with E-state index in [0.717, 1.165) is 5.69 Å². The van der Waals surface area contributed by atoms with Crippen molar-refractivity contribution in [2.45, 2.75) is 39.2 Å². The molecule has 1 aromatic carbocycles. The van der Waals surface area contributed by atoms with Gasteiger partial charge < -0.3 is 19.9 Å². The highest BCUT2D eigenvalue weighted by molar-refractivity contribution is 5.90. The second-order valence-corrected chi connectivity index (χ2v) is 5.71. The maximum Gasteiger partial charge on any atom is 0.224 e. The Bertz CT molecular complexity index is 423. The number of nitrogens with one attached hydrogen (secondary N) is 1. The standard InChI is InChI=1S/C16H25NO4/c1-16(2,3)21-11-4-5-15(19)17-13-6-8-14(9-7-13)20-12-10-18/h6-9,18H,4-5,10-12H2,1-3H3,(H,17,19). The Morgan fingerprint density at radius 2 is 1.86 bits per heavy atom. The smallest absolute Gasteiger partial charge is 0.224 e. The molecule has 0 unspecified atom stereocenters. The lowest BCUT2D eigenvalue weighted by Crippen LogP contribution is -2.20. The van der Waals surface area contributed by atoms with Crippen molar-refractivity contribution in [3.05, 3.63) is 24.3 Å². The van der Waals surface area contributed by atoms with Gasteiger partial charge in [-0.05, 0) is 51.5 Å². The highest BCUT2D eigenvalue weighted by atomic mass is 16.5. The summed E-state index contributed by atoms with van der Waals surface area (Å²) in [5.74, 6) is 0.636. The van der Waals surface area contributed by atoms with E-state index in [0.29, 0.717) is 25.2 Å².